The molecular weight excluding hydrogens is 280 g/mol. The fraction of sp³-hybridized carbons (Fsp3) is 0.462. The van der Waals surface area contributed by atoms with E-state index < -0.39 is 15.6 Å². The average Bonchev–Trinajstić information content (AvgIpc) is 2.46. The molecule has 0 aliphatic carbocycles. The SMILES string of the molecule is CCC(C)(C#N)NS(=O)(=O)c1ccc2c(c1)OCCO2. The second kappa shape index (κ2) is 5.31. The van der Waals surface area contributed by atoms with Crippen LogP contribution in [0, 0.1) is 11.3 Å². The first-order valence-electron chi connectivity index (χ1n) is 6.25. The Hall–Kier alpha value is -1.78. The van der Waals surface area contributed by atoms with Gasteiger partial charge in [0, 0.05) is 6.07 Å². The fourth-order valence-electron chi connectivity index (χ4n) is 1.72. The van der Waals surface area contributed by atoms with E-state index in [1.807, 2.05) is 6.07 Å². The van der Waals surface area contributed by atoms with E-state index >= 15 is 0 Å². The number of ether oxygens (including phenoxy) is 2. The molecule has 6 nitrogen and oxygen atoms in total. The van der Waals surface area contributed by atoms with Crippen LogP contribution in [0.2, 0.25) is 0 Å². The third-order valence-corrected chi connectivity index (χ3v) is 4.73. The van der Waals surface area contributed by atoms with Crippen LogP contribution in [0.4, 0.5) is 0 Å². The highest BCUT2D eigenvalue weighted by Crippen LogP contribution is 2.32. The maximum absolute atomic E-state index is 12.3. The summed E-state index contributed by atoms with van der Waals surface area (Å²) < 4.78 is 37.7. The molecule has 0 amide bonds. The Labute approximate surface area is 118 Å². The first-order valence-corrected chi connectivity index (χ1v) is 7.73. The van der Waals surface area contributed by atoms with Crippen molar-refractivity contribution >= 4 is 10.0 Å². The topological polar surface area (TPSA) is 88.4 Å². The van der Waals surface area contributed by atoms with E-state index in [1.165, 1.54) is 12.1 Å². The van der Waals surface area contributed by atoms with Gasteiger partial charge in [0.05, 0.1) is 11.0 Å². The van der Waals surface area contributed by atoms with Gasteiger partial charge in [0.1, 0.15) is 18.8 Å². The van der Waals surface area contributed by atoms with Crippen LogP contribution < -0.4 is 14.2 Å². The summed E-state index contributed by atoms with van der Waals surface area (Å²) in [6.07, 6.45) is 0.368. The summed E-state index contributed by atoms with van der Waals surface area (Å²) in [5.41, 5.74) is -1.13. The van der Waals surface area contributed by atoms with Crippen molar-refractivity contribution in [1.29, 1.82) is 5.26 Å². The zero-order valence-corrected chi connectivity index (χ0v) is 12.2. The molecule has 0 saturated carbocycles. The summed E-state index contributed by atoms with van der Waals surface area (Å²) in [7, 11) is -3.78. The van der Waals surface area contributed by atoms with Crippen molar-refractivity contribution in [3.63, 3.8) is 0 Å². The Bertz CT molecular complexity index is 651. The number of benzene rings is 1. The third-order valence-electron chi connectivity index (χ3n) is 3.14. The molecule has 1 aliphatic rings. The third kappa shape index (κ3) is 2.86. The molecule has 1 aromatic carbocycles. The van der Waals surface area contributed by atoms with Gasteiger partial charge in [0.15, 0.2) is 11.5 Å². The maximum Gasteiger partial charge on any atom is 0.242 e. The number of nitriles is 1. The molecule has 1 unspecified atom stereocenters. The molecule has 0 fully saturated rings. The Morgan fingerprint density at radius 1 is 1.35 bits per heavy atom. The Morgan fingerprint density at radius 2 is 2.00 bits per heavy atom. The van der Waals surface area contributed by atoms with E-state index in [9.17, 15) is 8.42 Å². The predicted octanol–water partition coefficient (Wildman–Crippen LogP) is 1.43. The van der Waals surface area contributed by atoms with Crippen molar-refractivity contribution in [3.8, 4) is 17.6 Å². The molecule has 108 valence electrons. The van der Waals surface area contributed by atoms with E-state index in [0.717, 1.165) is 0 Å². The van der Waals surface area contributed by atoms with Crippen LogP contribution in [0.3, 0.4) is 0 Å². The van der Waals surface area contributed by atoms with Gasteiger partial charge in [0.25, 0.3) is 0 Å². The molecule has 1 N–H and O–H groups in total. The van der Waals surface area contributed by atoms with Crippen LogP contribution in [-0.2, 0) is 10.0 Å². The summed E-state index contributed by atoms with van der Waals surface area (Å²) in [4.78, 5) is 0.0525. The molecule has 0 bridgehead atoms. The largest absolute Gasteiger partial charge is 0.486 e. The van der Waals surface area contributed by atoms with E-state index in [0.29, 0.717) is 31.1 Å². The standard InChI is InChI=1S/C13H16N2O4S/c1-3-13(2,9-14)15-20(16,17)10-4-5-11-12(8-10)19-7-6-18-11/h4-5,8,15H,3,6-7H2,1-2H3. The van der Waals surface area contributed by atoms with Crippen molar-refractivity contribution < 1.29 is 17.9 Å². The minimum absolute atomic E-state index is 0.0525. The lowest BCUT2D eigenvalue weighted by molar-refractivity contribution is 0.171. The number of hydrogen-bond donors (Lipinski definition) is 1. The van der Waals surface area contributed by atoms with Crippen molar-refractivity contribution in [3.05, 3.63) is 18.2 Å². The molecule has 20 heavy (non-hydrogen) atoms. The molecule has 0 spiro atoms. The zero-order valence-electron chi connectivity index (χ0n) is 11.3. The Balaban J connectivity index is 2.33. The van der Waals surface area contributed by atoms with Gasteiger partial charge in [-0.2, -0.15) is 9.98 Å². The van der Waals surface area contributed by atoms with Gasteiger partial charge in [-0.25, -0.2) is 8.42 Å². The first kappa shape index (κ1) is 14.6. The molecule has 1 atom stereocenters. The zero-order chi connectivity index (χ0) is 14.8. The Kier molecular flexibility index (Phi) is 3.88. The van der Waals surface area contributed by atoms with Crippen molar-refractivity contribution in [2.24, 2.45) is 0 Å². The Morgan fingerprint density at radius 3 is 2.60 bits per heavy atom. The molecule has 7 heteroatoms. The highest BCUT2D eigenvalue weighted by atomic mass is 32.2. The quantitative estimate of drug-likeness (QED) is 0.908. The van der Waals surface area contributed by atoms with Crippen LogP contribution in [-0.4, -0.2) is 27.2 Å². The molecular formula is C13H16N2O4S. The number of nitrogens with zero attached hydrogens (tertiary/aromatic N) is 1. The minimum Gasteiger partial charge on any atom is -0.486 e. The van der Waals surface area contributed by atoms with Crippen LogP contribution >= 0.6 is 0 Å². The van der Waals surface area contributed by atoms with Gasteiger partial charge in [-0.3, -0.25) is 0 Å². The lowest BCUT2D eigenvalue weighted by Gasteiger charge is -2.22. The second-order valence-electron chi connectivity index (χ2n) is 4.71. The van der Waals surface area contributed by atoms with E-state index in [-0.39, 0.29) is 4.90 Å². The fourth-order valence-corrected chi connectivity index (χ4v) is 3.13. The number of hydrogen-bond acceptors (Lipinski definition) is 5. The predicted molar refractivity (Wildman–Crippen MR) is 72.1 cm³/mol. The maximum atomic E-state index is 12.3. The summed E-state index contributed by atoms with van der Waals surface area (Å²) in [6.45, 7) is 4.12. The van der Waals surface area contributed by atoms with E-state index in [2.05, 4.69) is 4.72 Å². The van der Waals surface area contributed by atoms with E-state index in [4.69, 9.17) is 14.7 Å². The smallest absolute Gasteiger partial charge is 0.242 e. The van der Waals surface area contributed by atoms with Gasteiger partial charge < -0.3 is 9.47 Å². The minimum atomic E-state index is -3.78. The van der Waals surface area contributed by atoms with Crippen LogP contribution in [0.5, 0.6) is 11.5 Å². The molecule has 2 rings (SSSR count). The highest BCUT2D eigenvalue weighted by Gasteiger charge is 2.29. The summed E-state index contributed by atoms with van der Waals surface area (Å²) in [6, 6.07) is 6.37. The number of rotatable bonds is 4. The molecule has 0 radical (unpaired) electrons. The van der Waals surface area contributed by atoms with Crippen molar-refractivity contribution in [2.75, 3.05) is 13.2 Å². The number of fused-ring (bicyclic) bond motifs is 1. The van der Waals surface area contributed by atoms with Crippen molar-refractivity contribution in [2.45, 2.75) is 30.7 Å². The van der Waals surface area contributed by atoms with Gasteiger partial charge in [-0.1, -0.05) is 6.92 Å². The van der Waals surface area contributed by atoms with Crippen LogP contribution in [0.15, 0.2) is 23.1 Å². The molecule has 1 aliphatic heterocycles. The number of nitrogens with one attached hydrogen (secondary N) is 1. The lowest BCUT2D eigenvalue weighted by atomic mass is 10.0. The molecule has 1 aromatic rings. The van der Waals surface area contributed by atoms with Gasteiger partial charge in [-0.15, -0.1) is 0 Å². The van der Waals surface area contributed by atoms with Crippen LogP contribution in [0.25, 0.3) is 0 Å². The molecule has 0 saturated heterocycles. The van der Waals surface area contributed by atoms with Gasteiger partial charge >= 0.3 is 0 Å². The van der Waals surface area contributed by atoms with Gasteiger partial charge in [0.2, 0.25) is 10.0 Å². The monoisotopic (exact) mass is 296 g/mol. The summed E-state index contributed by atoms with van der Waals surface area (Å²) >= 11 is 0. The lowest BCUT2D eigenvalue weighted by Crippen LogP contribution is -2.44. The summed E-state index contributed by atoms with van der Waals surface area (Å²) in [5, 5.41) is 9.07. The second-order valence-corrected chi connectivity index (χ2v) is 6.39. The first-order chi connectivity index (χ1) is 9.40. The normalized spacial score (nSPS) is 17.1. The highest BCUT2D eigenvalue weighted by molar-refractivity contribution is 7.89. The molecule has 0 aromatic heterocycles. The average molecular weight is 296 g/mol. The van der Waals surface area contributed by atoms with Crippen molar-refractivity contribution in [1.82, 2.24) is 4.72 Å². The summed E-state index contributed by atoms with van der Waals surface area (Å²) in [5.74, 6) is 0.919. The number of sulfonamides is 1. The van der Waals surface area contributed by atoms with Crippen LogP contribution in [0.1, 0.15) is 20.3 Å². The van der Waals surface area contributed by atoms with E-state index in [1.54, 1.807) is 19.9 Å². The van der Waals surface area contributed by atoms with Gasteiger partial charge in [-0.05, 0) is 25.5 Å². The molecule has 1 heterocycles.